The number of carbonyl (C=O) groups excluding carboxylic acids is 1. The van der Waals surface area contributed by atoms with Crippen molar-refractivity contribution in [2.24, 2.45) is 5.73 Å². The van der Waals surface area contributed by atoms with E-state index in [1.54, 1.807) is 0 Å². The summed E-state index contributed by atoms with van der Waals surface area (Å²) in [6.07, 6.45) is 0.988. The van der Waals surface area contributed by atoms with Crippen LogP contribution in [0.15, 0.2) is 30.3 Å². The molecule has 1 aromatic carbocycles. The van der Waals surface area contributed by atoms with Crippen molar-refractivity contribution < 1.29 is 4.79 Å². The summed E-state index contributed by atoms with van der Waals surface area (Å²) in [5.74, 6) is -0.108. The van der Waals surface area contributed by atoms with E-state index in [0.29, 0.717) is 12.1 Å². The summed E-state index contributed by atoms with van der Waals surface area (Å²) in [6, 6.07) is 9.56. The van der Waals surface area contributed by atoms with Crippen LogP contribution in [0.4, 0.5) is 0 Å². The van der Waals surface area contributed by atoms with E-state index >= 15 is 0 Å². The molecule has 6 heteroatoms. The van der Waals surface area contributed by atoms with Gasteiger partial charge < -0.3 is 11.1 Å². The van der Waals surface area contributed by atoms with Crippen LogP contribution in [0.2, 0.25) is 0 Å². The van der Waals surface area contributed by atoms with E-state index in [-0.39, 0.29) is 24.4 Å². The zero-order valence-electron chi connectivity index (χ0n) is 13.9. The molecular formula is C17H25ClN4O. The van der Waals surface area contributed by atoms with Crippen LogP contribution >= 0.6 is 12.4 Å². The number of rotatable bonds is 6. The fourth-order valence-corrected chi connectivity index (χ4v) is 2.56. The molecule has 0 fully saturated rings. The first-order valence-corrected chi connectivity index (χ1v) is 7.67. The van der Waals surface area contributed by atoms with E-state index in [9.17, 15) is 4.79 Å². The van der Waals surface area contributed by atoms with Gasteiger partial charge in [-0.05, 0) is 25.8 Å². The summed E-state index contributed by atoms with van der Waals surface area (Å²) >= 11 is 0. The average Bonchev–Trinajstić information content (AvgIpc) is 2.80. The van der Waals surface area contributed by atoms with E-state index in [1.807, 2.05) is 48.9 Å². The zero-order chi connectivity index (χ0) is 16.1. The molecule has 1 heterocycles. The lowest BCUT2D eigenvalue weighted by Gasteiger charge is -2.13. The number of hydrogen-bond acceptors (Lipinski definition) is 3. The van der Waals surface area contributed by atoms with Gasteiger partial charge in [0, 0.05) is 24.8 Å². The molecule has 0 saturated heterocycles. The molecule has 1 aromatic heterocycles. The van der Waals surface area contributed by atoms with E-state index in [0.717, 1.165) is 29.9 Å². The molecule has 0 aliphatic rings. The first-order chi connectivity index (χ1) is 10.5. The van der Waals surface area contributed by atoms with Crippen molar-refractivity contribution in [2.75, 3.05) is 6.54 Å². The standard InChI is InChI=1S/C17H24N4O.ClH/c1-4-10-21-13(3)16(12(2)20-21)17(22)19-11-15(18)14-8-6-5-7-9-14;/h5-9,15H,4,10-11,18H2,1-3H3,(H,19,22);1H. The number of carbonyl (C=O) groups is 1. The Labute approximate surface area is 143 Å². The summed E-state index contributed by atoms with van der Waals surface area (Å²) in [7, 11) is 0. The molecule has 1 unspecified atom stereocenters. The van der Waals surface area contributed by atoms with Crippen LogP contribution < -0.4 is 11.1 Å². The Morgan fingerprint density at radius 3 is 2.57 bits per heavy atom. The lowest BCUT2D eigenvalue weighted by atomic mass is 10.1. The molecule has 0 bridgehead atoms. The summed E-state index contributed by atoms with van der Waals surface area (Å²) in [6.45, 7) is 7.12. The monoisotopic (exact) mass is 336 g/mol. The quantitative estimate of drug-likeness (QED) is 0.852. The molecule has 5 nitrogen and oxygen atoms in total. The molecule has 2 aromatic rings. The predicted molar refractivity (Wildman–Crippen MR) is 94.9 cm³/mol. The van der Waals surface area contributed by atoms with E-state index in [4.69, 9.17) is 5.73 Å². The maximum atomic E-state index is 12.4. The van der Waals surface area contributed by atoms with Crippen LogP contribution in [-0.4, -0.2) is 22.2 Å². The SMILES string of the molecule is CCCn1nc(C)c(C(=O)NCC(N)c2ccccc2)c1C.Cl. The molecule has 2 rings (SSSR count). The molecule has 23 heavy (non-hydrogen) atoms. The van der Waals surface area contributed by atoms with Gasteiger partial charge in [0.25, 0.3) is 5.91 Å². The molecule has 1 amide bonds. The van der Waals surface area contributed by atoms with Gasteiger partial charge >= 0.3 is 0 Å². The third-order valence-corrected chi connectivity index (χ3v) is 3.75. The summed E-state index contributed by atoms with van der Waals surface area (Å²) in [5.41, 5.74) is 9.46. The van der Waals surface area contributed by atoms with Crippen LogP contribution in [0.5, 0.6) is 0 Å². The number of benzene rings is 1. The molecule has 0 radical (unpaired) electrons. The smallest absolute Gasteiger partial charge is 0.255 e. The first-order valence-electron chi connectivity index (χ1n) is 7.67. The number of nitrogens with zero attached hydrogens (tertiary/aromatic N) is 2. The Bertz CT molecular complexity index is 640. The van der Waals surface area contributed by atoms with Gasteiger partial charge in [-0.15, -0.1) is 12.4 Å². The van der Waals surface area contributed by atoms with Gasteiger partial charge in [0.2, 0.25) is 0 Å². The Balaban J connectivity index is 0.00000264. The summed E-state index contributed by atoms with van der Waals surface area (Å²) in [4.78, 5) is 12.4. The van der Waals surface area contributed by atoms with Crippen LogP contribution in [-0.2, 0) is 6.54 Å². The van der Waals surface area contributed by atoms with Crippen molar-refractivity contribution in [3.05, 3.63) is 52.8 Å². The molecular weight excluding hydrogens is 312 g/mol. The lowest BCUT2D eigenvalue weighted by Crippen LogP contribution is -2.32. The normalized spacial score (nSPS) is 11.7. The summed E-state index contributed by atoms with van der Waals surface area (Å²) in [5, 5.41) is 7.35. The highest BCUT2D eigenvalue weighted by atomic mass is 35.5. The van der Waals surface area contributed by atoms with E-state index in [2.05, 4.69) is 17.3 Å². The largest absolute Gasteiger partial charge is 0.350 e. The van der Waals surface area contributed by atoms with Crippen LogP contribution in [0.25, 0.3) is 0 Å². The molecule has 0 spiro atoms. The Morgan fingerprint density at radius 2 is 1.96 bits per heavy atom. The second-order valence-corrected chi connectivity index (χ2v) is 5.50. The predicted octanol–water partition coefficient (Wildman–Crippen LogP) is 2.76. The summed E-state index contributed by atoms with van der Waals surface area (Å²) < 4.78 is 1.89. The van der Waals surface area contributed by atoms with Gasteiger partial charge in [0.05, 0.1) is 11.3 Å². The number of nitrogens with one attached hydrogen (secondary N) is 1. The molecule has 0 saturated carbocycles. The molecule has 1 atom stereocenters. The van der Waals surface area contributed by atoms with Gasteiger partial charge in [-0.1, -0.05) is 37.3 Å². The minimum Gasteiger partial charge on any atom is -0.350 e. The van der Waals surface area contributed by atoms with Crippen LogP contribution in [0, 0.1) is 13.8 Å². The van der Waals surface area contributed by atoms with Crippen molar-refractivity contribution in [1.29, 1.82) is 0 Å². The minimum atomic E-state index is -0.212. The van der Waals surface area contributed by atoms with E-state index < -0.39 is 0 Å². The molecule has 0 aliphatic carbocycles. The second kappa shape index (κ2) is 8.70. The number of halogens is 1. The van der Waals surface area contributed by atoms with Crippen molar-refractivity contribution in [3.8, 4) is 0 Å². The van der Waals surface area contributed by atoms with Crippen LogP contribution in [0.1, 0.15) is 46.7 Å². The highest BCUT2D eigenvalue weighted by molar-refractivity contribution is 5.96. The van der Waals surface area contributed by atoms with Crippen molar-refractivity contribution >= 4 is 18.3 Å². The Kier molecular flexibility index (Phi) is 7.26. The van der Waals surface area contributed by atoms with Crippen molar-refractivity contribution in [3.63, 3.8) is 0 Å². The number of amides is 1. The average molecular weight is 337 g/mol. The van der Waals surface area contributed by atoms with Gasteiger partial charge in [-0.3, -0.25) is 9.48 Å². The number of aryl methyl sites for hydroxylation is 2. The van der Waals surface area contributed by atoms with Gasteiger partial charge in [-0.2, -0.15) is 5.10 Å². The van der Waals surface area contributed by atoms with Gasteiger partial charge in [0.15, 0.2) is 0 Å². The fraction of sp³-hybridized carbons (Fsp3) is 0.412. The first kappa shape index (κ1) is 19.2. The van der Waals surface area contributed by atoms with Crippen molar-refractivity contribution in [2.45, 2.75) is 39.8 Å². The molecule has 3 N–H and O–H groups in total. The highest BCUT2D eigenvalue weighted by Crippen LogP contribution is 2.14. The molecule has 126 valence electrons. The number of aromatic nitrogens is 2. The Morgan fingerprint density at radius 1 is 1.30 bits per heavy atom. The molecule has 0 aliphatic heterocycles. The second-order valence-electron chi connectivity index (χ2n) is 5.50. The van der Waals surface area contributed by atoms with E-state index in [1.165, 1.54) is 0 Å². The topological polar surface area (TPSA) is 72.9 Å². The maximum Gasteiger partial charge on any atom is 0.255 e. The maximum absolute atomic E-state index is 12.4. The zero-order valence-corrected chi connectivity index (χ0v) is 14.7. The fourth-order valence-electron chi connectivity index (χ4n) is 2.56. The van der Waals surface area contributed by atoms with Gasteiger partial charge in [-0.25, -0.2) is 0 Å². The highest BCUT2D eigenvalue weighted by Gasteiger charge is 2.18. The minimum absolute atomic E-state index is 0. The van der Waals surface area contributed by atoms with Crippen molar-refractivity contribution in [1.82, 2.24) is 15.1 Å². The van der Waals surface area contributed by atoms with Gasteiger partial charge in [0.1, 0.15) is 0 Å². The third-order valence-electron chi connectivity index (χ3n) is 3.75. The Hall–Kier alpha value is -1.85. The number of hydrogen-bond donors (Lipinski definition) is 2. The third kappa shape index (κ3) is 4.56. The number of nitrogens with two attached hydrogens (primary N) is 1. The lowest BCUT2D eigenvalue weighted by molar-refractivity contribution is 0.0950. The van der Waals surface area contributed by atoms with Crippen LogP contribution in [0.3, 0.4) is 0 Å².